The molecular weight excluding hydrogens is 324 g/mol. The summed E-state index contributed by atoms with van der Waals surface area (Å²) in [6.45, 7) is 1.55. The second-order valence-corrected chi connectivity index (χ2v) is 7.60. The van der Waals surface area contributed by atoms with Crippen LogP contribution in [-0.2, 0) is 9.84 Å². The highest BCUT2D eigenvalue weighted by atomic mass is 32.2. The van der Waals surface area contributed by atoms with E-state index in [1.165, 1.54) is 41.7 Å². The van der Waals surface area contributed by atoms with Crippen molar-refractivity contribution in [3.8, 4) is 0 Å². The molecule has 0 radical (unpaired) electrons. The first kappa shape index (κ1) is 16.2. The second kappa shape index (κ2) is 6.29. The molecule has 0 unspecified atom stereocenters. The Kier molecular flexibility index (Phi) is 4.62. The zero-order valence-corrected chi connectivity index (χ0v) is 13.3. The molecule has 3 N–H and O–H groups in total. The first-order valence-electron chi connectivity index (χ1n) is 6.36. The maximum absolute atomic E-state index is 12.1. The summed E-state index contributed by atoms with van der Waals surface area (Å²) in [6.07, 6.45) is 0. The van der Waals surface area contributed by atoms with Crippen molar-refractivity contribution in [2.45, 2.75) is 11.8 Å². The summed E-state index contributed by atoms with van der Waals surface area (Å²) in [5.74, 6) is -1.07. The van der Waals surface area contributed by atoms with E-state index in [1.807, 2.05) is 0 Å². The van der Waals surface area contributed by atoms with E-state index >= 15 is 0 Å². The van der Waals surface area contributed by atoms with E-state index in [9.17, 15) is 18.0 Å². The maximum atomic E-state index is 12.1. The number of thiophene rings is 1. The van der Waals surface area contributed by atoms with Gasteiger partial charge in [-0.2, -0.15) is 0 Å². The van der Waals surface area contributed by atoms with Gasteiger partial charge in [-0.15, -0.1) is 11.3 Å². The lowest BCUT2D eigenvalue weighted by Crippen LogP contribution is -2.16. The predicted octanol–water partition coefficient (Wildman–Crippen LogP) is 1.89. The van der Waals surface area contributed by atoms with Gasteiger partial charge in [-0.1, -0.05) is 6.92 Å². The minimum Gasteiger partial charge on any atom is -0.366 e. The lowest BCUT2D eigenvalue weighted by atomic mass is 10.2. The molecule has 0 saturated carbocycles. The van der Waals surface area contributed by atoms with Gasteiger partial charge in [-0.3, -0.25) is 9.59 Å². The first-order valence-corrected chi connectivity index (χ1v) is 8.90. The van der Waals surface area contributed by atoms with E-state index in [0.717, 1.165) is 0 Å². The van der Waals surface area contributed by atoms with E-state index in [1.54, 1.807) is 12.3 Å². The lowest BCUT2D eigenvalue weighted by Gasteiger charge is -2.06. The molecule has 22 heavy (non-hydrogen) atoms. The third kappa shape index (κ3) is 3.34. The summed E-state index contributed by atoms with van der Waals surface area (Å²) >= 11 is 1.18. The molecule has 0 aliphatic rings. The number of hydrogen-bond acceptors (Lipinski definition) is 5. The quantitative estimate of drug-likeness (QED) is 0.868. The second-order valence-electron chi connectivity index (χ2n) is 4.41. The Morgan fingerprint density at radius 1 is 1.18 bits per heavy atom. The van der Waals surface area contributed by atoms with Gasteiger partial charge in [0.25, 0.3) is 11.8 Å². The minimum absolute atomic E-state index is 0.00426. The van der Waals surface area contributed by atoms with Gasteiger partial charge in [-0.25, -0.2) is 8.42 Å². The van der Waals surface area contributed by atoms with Crippen LogP contribution in [0.25, 0.3) is 0 Å². The SMILES string of the molecule is CCS(=O)(=O)c1ccc(C(=O)Nc2sccc2C(N)=O)cc1. The fourth-order valence-corrected chi connectivity index (χ4v) is 3.43. The van der Waals surface area contributed by atoms with Crippen molar-refractivity contribution in [1.29, 1.82) is 0 Å². The zero-order valence-electron chi connectivity index (χ0n) is 11.7. The van der Waals surface area contributed by atoms with Crippen molar-refractivity contribution in [3.05, 3.63) is 46.8 Å². The Morgan fingerprint density at radius 3 is 2.36 bits per heavy atom. The van der Waals surface area contributed by atoms with Crippen LogP contribution in [0.4, 0.5) is 5.00 Å². The molecule has 0 atom stereocenters. The summed E-state index contributed by atoms with van der Waals surface area (Å²) in [5, 5.41) is 4.60. The van der Waals surface area contributed by atoms with Gasteiger partial charge in [0, 0.05) is 5.56 Å². The summed E-state index contributed by atoms with van der Waals surface area (Å²) in [4.78, 5) is 23.5. The Hall–Kier alpha value is -2.19. The molecule has 0 bridgehead atoms. The van der Waals surface area contributed by atoms with E-state index < -0.39 is 21.7 Å². The highest BCUT2D eigenvalue weighted by Gasteiger charge is 2.15. The van der Waals surface area contributed by atoms with Crippen LogP contribution >= 0.6 is 11.3 Å². The molecule has 0 saturated heterocycles. The third-order valence-electron chi connectivity index (χ3n) is 3.01. The molecule has 0 spiro atoms. The normalized spacial score (nSPS) is 11.1. The molecule has 2 rings (SSSR count). The van der Waals surface area contributed by atoms with Crippen molar-refractivity contribution < 1.29 is 18.0 Å². The van der Waals surface area contributed by atoms with E-state index in [4.69, 9.17) is 5.73 Å². The van der Waals surface area contributed by atoms with Gasteiger partial charge in [0.05, 0.1) is 16.2 Å². The zero-order chi connectivity index (χ0) is 16.3. The van der Waals surface area contributed by atoms with Crippen molar-refractivity contribution in [1.82, 2.24) is 0 Å². The number of benzene rings is 1. The highest BCUT2D eigenvalue weighted by molar-refractivity contribution is 7.91. The standard InChI is InChI=1S/C14H14N2O4S2/c1-2-22(19,20)10-5-3-9(4-6-10)13(18)16-14-11(12(15)17)7-8-21-14/h3-8H,2H2,1H3,(H2,15,17)(H,16,18). The molecule has 2 aromatic rings. The molecule has 0 fully saturated rings. The maximum Gasteiger partial charge on any atom is 0.256 e. The lowest BCUT2D eigenvalue weighted by molar-refractivity contribution is 0.100. The molecule has 1 heterocycles. The third-order valence-corrected chi connectivity index (χ3v) is 5.59. The van der Waals surface area contributed by atoms with Gasteiger partial charge in [0.15, 0.2) is 9.84 Å². The highest BCUT2D eigenvalue weighted by Crippen LogP contribution is 2.23. The van der Waals surface area contributed by atoms with Crippen LogP contribution in [0.3, 0.4) is 0 Å². The Labute approximate surface area is 131 Å². The Morgan fingerprint density at radius 2 is 1.82 bits per heavy atom. The number of carbonyl (C=O) groups excluding carboxylic acids is 2. The van der Waals surface area contributed by atoms with Crippen molar-refractivity contribution in [2.75, 3.05) is 11.1 Å². The predicted molar refractivity (Wildman–Crippen MR) is 85.0 cm³/mol. The van der Waals surface area contributed by atoms with E-state index in [-0.39, 0.29) is 16.2 Å². The largest absolute Gasteiger partial charge is 0.366 e. The van der Waals surface area contributed by atoms with Gasteiger partial charge in [-0.05, 0) is 35.7 Å². The van der Waals surface area contributed by atoms with Crippen LogP contribution < -0.4 is 11.1 Å². The molecule has 8 heteroatoms. The van der Waals surface area contributed by atoms with Crippen LogP contribution in [0, 0.1) is 0 Å². The topological polar surface area (TPSA) is 106 Å². The van der Waals surface area contributed by atoms with Crippen LogP contribution in [0.5, 0.6) is 0 Å². The van der Waals surface area contributed by atoms with Gasteiger partial charge < -0.3 is 11.1 Å². The number of primary amides is 1. The van der Waals surface area contributed by atoms with Gasteiger partial charge >= 0.3 is 0 Å². The Balaban J connectivity index is 2.20. The van der Waals surface area contributed by atoms with Crippen LogP contribution in [-0.4, -0.2) is 26.0 Å². The summed E-state index contributed by atoms with van der Waals surface area (Å²) in [5.41, 5.74) is 5.74. The van der Waals surface area contributed by atoms with E-state index in [0.29, 0.717) is 10.6 Å². The fourth-order valence-electron chi connectivity index (χ4n) is 1.76. The Bertz CT molecular complexity index is 808. The number of nitrogens with one attached hydrogen (secondary N) is 1. The summed E-state index contributed by atoms with van der Waals surface area (Å²) in [6, 6.07) is 7.15. The van der Waals surface area contributed by atoms with Crippen molar-refractivity contribution in [3.63, 3.8) is 0 Å². The number of rotatable bonds is 5. The number of hydrogen-bond donors (Lipinski definition) is 2. The number of sulfone groups is 1. The number of carbonyl (C=O) groups is 2. The number of anilines is 1. The molecule has 6 nitrogen and oxygen atoms in total. The van der Waals surface area contributed by atoms with Crippen molar-refractivity contribution in [2.24, 2.45) is 5.73 Å². The molecule has 2 amide bonds. The molecule has 116 valence electrons. The fraction of sp³-hybridized carbons (Fsp3) is 0.143. The first-order chi connectivity index (χ1) is 10.3. The average molecular weight is 338 g/mol. The smallest absolute Gasteiger partial charge is 0.256 e. The molecular formula is C14H14N2O4S2. The number of nitrogens with two attached hydrogens (primary N) is 1. The van der Waals surface area contributed by atoms with Crippen molar-refractivity contribution >= 4 is 38.0 Å². The summed E-state index contributed by atoms with van der Waals surface area (Å²) in [7, 11) is -3.30. The van der Waals surface area contributed by atoms with Gasteiger partial charge in [0.1, 0.15) is 5.00 Å². The molecule has 0 aliphatic carbocycles. The van der Waals surface area contributed by atoms with Crippen LogP contribution in [0.2, 0.25) is 0 Å². The van der Waals surface area contributed by atoms with Crippen LogP contribution in [0.15, 0.2) is 40.6 Å². The number of amides is 2. The molecule has 1 aromatic carbocycles. The van der Waals surface area contributed by atoms with Gasteiger partial charge in [0.2, 0.25) is 0 Å². The van der Waals surface area contributed by atoms with Crippen LogP contribution in [0.1, 0.15) is 27.6 Å². The van der Waals surface area contributed by atoms with E-state index in [2.05, 4.69) is 5.32 Å². The average Bonchev–Trinajstić information content (AvgIpc) is 2.95. The monoisotopic (exact) mass is 338 g/mol. The molecule has 1 aromatic heterocycles. The molecule has 0 aliphatic heterocycles. The minimum atomic E-state index is -3.30. The summed E-state index contributed by atoms with van der Waals surface area (Å²) < 4.78 is 23.4.